The lowest BCUT2D eigenvalue weighted by molar-refractivity contribution is 0.465. The van der Waals surface area contributed by atoms with Crippen molar-refractivity contribution in [2.45, 2.75) is 20.3 Å². The lowest BCUT2D eigenvalue weighted by Gasteiger charge is -2.06. The van der Waals surface area contributed by atoms with E-state index in [-0.39, 0.29) is 0 Å². The van der Waals surface area contributed by atoms with Gasteiger partial charge in [-0.1, -0.05) is 42.0 Å². The molecule has 90 valence electrons. The molecule has 0 aliphatic heterocycles. The summed E-state index contributed by atoms with van der Waals surface area (Å²) in [6, 6.07) is 15.5. The number of aryl methyl sites for hydroxylation is 2. The van der Waals surface area contributed by atoms with Crippen molar-refractivity contribution in [1.29, 1.82) is 0 Å². The number of hydrogen-bond acceptors (Lipinski definition) is 1. The Labute approximate surface area is 108 Å². The molecule has 0 aliphatic rings. The Kier molecular flexibility index (Phi) is 3.69. The molecule has 1 heteroatoms. The fourth-order valence-corrected chi connectivity index (χ4v) is 1.99. The lowest BCUT2D eigenvalue weighted by atomic mass is 10.0. The Hall–Kier alpha value is -2.20. The topological polar surface area (TPSA) is 20.2 Å². The molecular formula is C17H16O. The third-order valence-corrected chi connectivity index (χ3v) is 2.85. The first-order valence-electron chi connectivity index (χ1n) is 6.00. The largest absolute Gasteiger partial charge is 0.507 e. The van der Waals surface area contributed by atoms with E-state index in [1.54, 1.807) is 0 Å². The summed E-state index contributed by atoms with van der Waals surface area (Å²) in [5, 5.41) is 9.97. The van der Waals surface area contributed by atoms with Gasteiger partial charge in [-0.3, -0.25) is 0 Å². The van der Waals surface area contributed by atoms with E-state index in [1.807, 2.05) is 50.3 Å². The minimum absolute atomic E-state index is 0.401. The molecule has 2 aromatic rings. The van der Waals surface area contributed by atoms with Gasteiger partial charge >= 0.3 is 0 Å². The zero-order chi connectivity index (χ0) is 13.0. The van der Waals surface area contributed by atoms with Crippen LogP contribution in [-0.2, 0) is 6.42 Å². The van der Waals surface area contributed by atoms with Crippen LogP contribution in [0.15, 0.2) is 36.4 Å². The summed E-state index contributed by atoms with van der Waals surface area (Å²) in [4.78, 5) is 0. The van der Waals surface area contributed by atoms with Gasteiger partial charge in [0.25, 0.3) is 0 Å². The van der Waals surface area contributed by atoms with E-state index in [9.17, 15) is 5.11 Å². The molecule has 0 aliphatic carbocycles. The van der Waals surface area contributed by atoms with Crippen LogP contribution >= 0.6 is 0 Å². The fraction of sp³-hybridized carbons (Fsp3) is 0.176. The molecule has 0 bridgehead atoms. The van der Waals surface area contributed by atoms with E-state index < -0.39 is 0 Å². The minimum Gasteiger partial charge on any atom is -0.507 e. The number of phenols is 1. The van der Waals surface area contributed by atoms with Crippen molar-refractivity contribution in [2.24, 2.45) is 0 Å². The van der Waals surface area contributed by atoms with Gasteiger partial charge in [-0.25, -0.2) is 0 Å². The van der Waals surface area contributed by atoms with E-state index in [0.29, 0.717) is 5.75 Å². The van der Waals surface area contributed by atoms with Crippen molar-refractivity contribution in [1.82, 2.24) is 0 Å². The van der Waals surface area contributed by atoms with Gasteiger partial charge in [0, 0.05) is 0 Å². The van der Waals surface area contributed by atoms with Gasteiger partial charge in [-0.05, 0) is 55.2 Å². The van der Waals surface area contributed by atoms with Gasteiger partial charge < -0.3 is 5.11 Å². The van der Waals surface area contributed by atoms with Crippen LogP contribution in [0.2, 0.25) is 0 Å². The van der Waals surface area contributed by atoms with Crippen LogP contribution < -0.4 is 0 Å². The summed E-state index contributed by atoms with van der Waals surface area (Å²) in [5.74, 6) is 0.401. The number of aromatic hydroxyl groups is 1. The smallest absolute Gasteiger partial charge is 0.122 e. The van der Waals surface area contributed by atoms with Gasteiger partial charge in [-0.15, -0.1) is 0 Å². The first-order valence-corrected chi connectivity index (χ1v) is 6.00. The maximum Gasteiger partial charge on any atom is 0.122 e. The number of benzene rings is 1. The Morgan fingerprint density at radius 2 is 2.06 bits per heavy atom. The molecule has 0 amide bonds. The molecule has 1 nitrogen and oxygen atoms in total. The molecule has 1 N–H and O–H groups in total. The van der Waals surface area contributed by atoms with Crippen LogP contribution in [0.3, 0.4) is 0 Å². The average molecular weight is 236 g/mol. The fourth-order valence-electron chi connectivity index (χ4n) is 1.99. The van der Waals surface area contributed by atoms with Crippen LogP contribution in [0.25, 0.3) is 6.08 Å². The first-order chi connectivity index (χ1) is 8.66. The Bertz CT molecular complexity index is 553. The summed E-state index contributed by atoms with van der Waals surface area (Å²) >= 11 is 0. The van der Waals surface area contributed by atoms with Crippen molar-refractivity contribution >= 4 is 6.08 Å². The van der Waals surface area contributed by atoms with Gasteiger partial charge in [0.1, 0.15) is 5.75 Å². The molecule has 0 radical (unpaired) electrons. The molecule has 0 aromatic heterocycles. The SMILES string of the molecule is Cc1cc(C)c(O)c(C/C=C/c2cc#ccc2)c1. The third-order valence-electron chi connectivity index (χ3n) is 2.85. The van der Waals surface area contributed by atoms with Gasteiger partial charge in [-0.2, -0.15) is 0 Å². The lowest BCUT2D eigenvalue weighted by Crippen LogP contribution is -1.88. The van der Waals surface area contributed by atoms with Crippen LogP contribution in [0.5, 0.6) is 5.75 Å². The van der Waals surface area contributed by atoms with Crippen LogP contribution in [0.4, 0.5) is 0 Å². The average Bonchev–Trinajstić information content (AvgIpc) is 2.36. The molecule has 0 saturated heterocycles. The number of allylic oxidation sites excluding steroid dienone is 1. The summed E-state index contributed by atoms with van der Waals surface area (Å²) < 4.78 is 0. The minimum atomic E-state index is 0.401. The summed E-state index contributed by atoms with van der Waals surface area (Å²) in [7, 11) is 0. The maximum atomic E-state index is 9.97. The quantitative estimate of drug-likeness (QED) is 0.857. The van der Waals surface area contributed by atoms with E-state index >= 15 is 0 Å². The molecule has 0 saturated carbocycles. The van der Waals surface area contributed by atoms with Crippen molar-refractivity contribution in [2.75, 3.05) is 0 Å². The van der Waals surface area contributed by atoms with E-state index in [0.717, 1.165) is 23.1 Å². The number of hydrogen-bond donors (Lipinski definition) is 1. The molecule has 0 atom stereocenters. The van der Waals surface area contributed by atoms with E-state index in [1.165, 1.54) is 5.56 Å². The van der Waals surface area contributed by atoms with Crippen molar-refractivity contribution in [3.63, 3.8) is 0 Å². The second-order valence-corrected chi connectivity index (χ2v) is 4.46. The molecule has 18 heavy (non-hydrogen) atoms. The molecule has 0 fully saturated rings. The normalized spacial score (nSPS) is 10.6. The van der Waals surface area contributed by atoms with Gasteiger partial charge in [0.15, 0.2) is 0 Å². The highest BCUT2D eigenvalue weighted by atomic mass is 16.3. The van der Waals surface area contributed by atoms with Gasteiger partial charge in [0.05, 0.1) is 0 Å². The van der Waals surface area contributed by atoms with E-state index in [2.05, 4.69) is 18.2 Å². The Balaban J connectivity index is 2.14. The standard InChI is InChI=1S/C17H16O/c1-13-11-14(2)17(18)16(12-13)10-6-9-15-7-4-3-5-8-15/h4,6-9,11-12,18H,10H2,1-2H3/b9-6+. The zero-order valence-corrected chi connectivity index (χ0v) is 10.7. The summed E-state index contributed by atoms with van der Waals surface area (Å²) in [5.41, 5.74) is 4.17. The van der Waals surface area contributed by atoms with Crippen LogP contribution in [0.1, 0.15) is 22.3 Å². The Morgan fingerprint density at radius 1 is 1.22 bits per heavy atom. The van der Waals surface area contributed by atoms with Crippen molar-refractivity contribution in [3.8, 4) is 5.75 Å². The second-order valence-electron chi connectivity index (χ2n) is 4.46. The highest BCUT2D eigenvalue weighted by molar-refractivity contribution is 5.50. The molecule has 0 unspecified atom stereocenters. The monoisotopic (exact) mass is 236 g/mol. The van der Waals surface area contributed by atoms with E-state index in [4.69, 9.17) is 0 Å². The molecule has 2 rings (SSSR count). The van der Waals surface area contributed by atoms with Crippen LogP contribution in [-0.4, -0.2) is 5.11 Å². The number of phenolic OH excluding ortho intramolecular Hbond substituents is 1. The predicted molar refractivity (Wildman–Crippen MR) is 74.4 cm³/mol. The summed E-state index contributed by atoms with van der Waals surface area (Å²) in [6.45, 7) is 3.97. The third kappa shape index (κ3) is 2.93. The molecule has 0 heterocycles. The highest BCUT2D eigenvalue weighted by Gasteiger charge is 2.03. The molecule has 0 spiro atoms. The number of rotatable bonds is 3. The first kappa shape index (κ1) is 12.3. The van der Waals surface area contributed by atoms with Gasteiger partial charge in [0.2, 0.25) is 0 Å². The molecule has 2 aromatic carbocycles. The molecular weight excluding hydrogens is 220 g/mol. The predicted octanol–water partition coefficient (Wildman–Crippen LogP) is 3.87. The maximum absolute atomic E-state index is 9.97. The van der Waals surface area contributed by atoms with Crippen molar-refractivity contribution < 1.29 is 5.11 Å². The van der Waals surface area contributed by atoms with Crippen LogP contribution in [0, 0.1) is 26.0 Å². The second kappa shape index (κ2) is 5.42. The summed E-state index contributed by atoms with van der Waals surface area (Å²) in [6.07, 6.45) is 4.81. The van der Waals surface area contributed by atoms with Crippen molar-refractivity contribution in [3.05, 3.63) is 70.8 Å². The highest BCUT2D eigenvalue weighted by Crippen LogP contribution is 2.24. The Morgan fingerprint density at radius 3 is 2.78 bits per heavy atom. The zero-order valence-electron chi connectivity index (χ0n) is 10.7.